The molecule has 0 aromatic heterocycles. The number of hydrogen-bond donors (Lipinski definition) is 2. The molecule has 1 saturated heterocycles. The Balaban J connectivity index is 1.45. The largest absolute Gasteiger partial charge is 0.371 e. The van der Waals surface area contributed by atoms with Gasteiger partial charge in [0.1, 0.15) is 0 Å². The predicted molar refractivity (Wildman–Crippen MR) is 126 cm³/mol. The van der Waals surface area contributed by atoms with Crippen LogP contribution in [0.15, 0.2) is 72.9 Å². The van der Waals surface area contributed by atoms with Gasteiger partial charge in [-0.2, -0.15) is 0 Å². The summed E-state index contributed by atoms with van der Waals surface area (Å²) in [4.78, 5) is 23.3. The minimum atomic E-state index is -0.149. The molecule has 0 saturated carbocycles. The summed E-state index contributed by atoms with van der Waals surface area (Å²) in [6.07, 6.45) is 3.04. The number of carbonyl (C=O) groups excluding carboxylic acids is 1. The predicted octanol–water partition coefficient (Wildman–Crippen LogP) is 5.67. The summed E-state index contributed by atoms with van der Waals surface area (Å²) in [5.41, 5.74) is 6.41. The van der Waals surface area contributed by atoms with Crippen LogP contribution < -0.4 is 10.2 Å². The van der Waals surface area contributed by atoms with Gasteiger partial charge in [0, 0.05) is 30.0 Å². The van der Waals surface area contributed by atoms with E-state index in [1.807, 2.05) is 48.7 Å². The third kappa shape index (κ3) is 3.91. The average Bonchev–Trinajstić information content (AvgIpc) is 3.37. The minimum Gasteiger partial charge on any atom is -0.371 e. The van der Waals surface area contributed by atoms with Crippen LogP contribution in [0.5, 0.6) is 0 Å². The third-order valence-corrected chi connectivity index (χ3v) is 6.00. The second-order valence-electron chi connectivity index (χ2n) is 9.01. The van der Waals surface area contributed by atoms with E-state index in [4.69, 9.17) is 0 Å². The van der Waals surface area contributed by atoms with E-state index in [0.717, 1.165) is 41.4 Å². The number of aromatic amines is 1. The molecule has 2 aromatic carbocycles. The highest BCUT2D eigenvalue weighted by atomic mass is 16.1. The molecule has 1 aliphatic carbocycles. The summed E-state index contributed by atoms with van der Waals surface area (Å²) >= 11 is 0. The molecule has 0 unspecified atom stereocenters. The van der Waals surface area contributed by atoms with Crippen LogP contribution in [-0.2, 0) is 0 Å². The summed E-state index contributed by atoms with van der Waals surface area (Å²) in [7, 11) is 0. The molecule has 5 rings (SSSR count). The number of para-hydroxylation sites is 1. The van der Waals surface area contributed by atoms with E-state index in [2.05, 4.69) is 58.3 Å². The van der Waals surface area contributed by atoms with Crippen molar-refractivity contribution < 1.29 is 4.79 Å². The SMILES string of the molecule is CC1(C)CCN(c2cccc(-c3cnc4ccc(C(=O)Nc5ccccc5)c-4[nH]3)c2)C1. The fourth-order valence-electron chi connectivity index (χ4n) is 4.27. The van der Waals surface area contributed by atoms with Crippen LogP contribution in [0, 0.1) is 5.41 Å². The van der Waals surface area contributed by atoms with Gasteiger partial charge in [-0.3, -0.25) is 9.78 Å². The van der Waals surface area contributed by atoms with Crippen LogP contribution >= 0.6 is 0 Å². The lowest BCUT2D eigenvalue weighted by Crippen LogP contribution is -2.22. The summed E-state index contributed by atoms with van der Waals surface area (Å²) < 4.78 is 0. The Bertz CT molecular complexity index is 1190. The number of carbonyl (C=O) groups is 1. The monoisotopic (exact) mass is 410 g/mol. The molecule has 0 bridgehead atoms. The van der Waals surface area contributed by atoms with Gasteiger partial charge < -0.3 is 15.2 Å². The summed E-state index contributed by atoms with van der Waals surface area (Å²) in [6, 6.07) is 21.7. The molecule has 0 spiro atoms. The quantitative estimate of drug-likeness (QED) is 0.456. The summed E-state index contributed by atoms with van der Waals surface area (Å²) in [5, 5.41) is 2.96. The highest BCUT2D eigenvalue weighted by Gasteiger charge is 2.29. The smallest absolute Gasteiger partial charge is 0.257 e. The molecule has 1 fully saturated rings. The van der Waals surface area contributed by atoms with Crippen molar-refractivity contribution in [3.8, 4) is 22.6 Å². The molecule has 0 atom stereocenters. The summed E-state index contributed by atoms with van der Waals surface area (Å²) in [5.74, 6) is -0.149. The first-order valence-corrected chi connectivity index (χ1v) is 10.7. The number of benzene rings is 2. The molecule has 2 aliphatic heterocycles. The van der Waals surface area contributed by atoms with E-state index in [9.17, 15) is 4.79 Å². The lowest BCUT2D eigenvalue weighted by atomic mass is 9.93. The van der Waals surface area contributed by atoms with Crippen molar-refractivity contribution in [2.75, 3.05) is 23.3 Å². The standard InChI is InChI=1S/C26H26N4O/c1-26(2)13-14-30(17-26)20-10-6-7-18(15-20)23-16-27-22-12-11-21(24(22)29-23)25(31)28-19-8-4-3-5-9-19/h3-12,15-16,29H,13-14,17H2,1-2H3,(H,28,31). The number of hydrogen-bond acceptors (Lipinski definition) is 3. The molecule has 2 aromatic rings. The Labute approximate surface area is 182 Å². The fraction of sp³-hybridized carbons (Fsp3) is 0.231. The number of anilines is 2. The maximum Gasteiger partial charge on any atom is 0.257 e. The number of aromatic nitrogens is 2. The Morgan fingerprint density at radius 1 is 1.06 bits per heavy atom. The van der Waals surface area contributed by atoms with Crippen molar-refractivity contribution >= 4 is 17.3 Å². The van der Waals surface area contributed by atoms with Crippen LogP contribution in [0.3, 0.4) is 0 Å². The van der Waals surface area contributed by atoms with Crippen LogP contribution in [0.4, 0.5) is 11.4 Å². The second-order valence-corrected chi connectivity index (χ2v) is 9.01. The Kier molecular flexibility index (Phi) is 4.74. The van der Waals surface area contributed by atoms with Crippen LogP contribution in [-0.4, -0.2) is 29.0 Å². The first kappa shape index (κ1) is 19.4. The number of nitrogens with one attached hydrogen (secondary N) is 2. The first-order valence-electron chi connectivity index (χ1n) is 10.7. The molecule has 31 heavy (non-hydrogen) atoms. The van der Waals surface area contributed by atoms with Crippen molar-refractivity contribution in [3.63, 3.8) is 0 Å². The number of H-pyrrole nitrogens is 1. The zero-order valence-corrected chi connectivity index (χ0v) is 17.9. The first-order chi connectivity index (χ1) is 15.0. The topological polar surface area (TPSA) is 61.0 Å². The number of fused-ring (bicyclic) bond motifs is 1. The van der Waals surface area contributed by atoms with E-state index < -0.39 is 0 Å². The highest BCUT2D eigenvalue weighted by molar-refractivity contribution is 6.08. The van der Waals surface area contributed by atoms with Gasteiger partial charge in [-0.1, -0.05) is 44.2 Å². The Morgan fingerprint density at radius 2 is 1.90 bits per heavy atom. The van der Waals surface area contributed by atoms with Gasteiger partial charge in [0.05, 0.1) is 28.8 Å². The van der Waals surface area contributed by atoms with Gasteiger partial charge >= 0.3 is 0 Å². The zero-order valence-electron chi connectivity index (χ0n) is 17.9. The zero-order chi connectivity index (χ0) is 21.4. The number of rotatable bonds is 4. The van der Waals surface area contributed by atoms with Gasteiger partial charge in [0.25, 0.3) is 5.91 Å². The molecule has 156 valence electrons. The van der Waals surface area contributed by atoms with E-state index in [1.54, 1.807) is 0 Å². The molecule has 0 radical (unpaired) electrons. The van der Waals surface area contributed by atoms with E-state index in [1.165, 1.54) is 12.1 Å². The second kappa shape index (κ2) is 7.58. The maximum absolute atomic E-state index is 12.9. The number of nitrogens with zero attached hydrogens (tertiary/aromatic N) is 2. The van der Waals surface area contributed by atoms with Crippen molar-refractivity contribution in [2.45, 2.75) is 20.3 Å². The van der Waals surface area contributed by atoms with Gasteiger partial charge in [-0.05, 0) is 48.2 Å². The lowest BCUT2D eigenvalue weighted by molar-refractivity contribution is 0.102. The third-order valence-electron chi connectivity index (χ3n) is 6.00. The van der Waals surface area contributed by atoms with Gasteiger partial charge in [-0.15, -0.1) is 0 Å². The van der Waals surface area contributed by atoms with Crippen molar-refractivity contribution in [1.82, 2.24) is 9.97 Å². The van der Waals surface area contributed by atoms with Gasteiger partial charge in [0.15, 0.2) is 0 Å². The van der Waals surface area contributed by atoms with Crippen molar-refractivity contribution in [1.29, 1.82) is 0 Å². The average molecular weight is 411 g/mol. The molecular weight excluding hydrogens is 384 g/mol. The normalized spacial score (nSPS) is 15.4. The highest BCUT2D eigenvalue weighted by Crippen LogP contribution is 2.34. The molecule has 5 nitrogen and oxygen atoms in total. The van der Waals surface area contributed by atoms with Crippen LogP contribution in [0.1, 0.15) is 30.6 Å². The molecular formula is C26H26N4O. The fourth-order valence-corrected chi connectivity index (χ4v) is 4.27. The van der Waals surface area contributed by atoms with E-state index in [-0.39, 0.29) is 5.91 Å². The molecule has 5 heteroatoms. The minimum absolute atomic E-state index is 0.149. The van der Waals surface area contributed by atoms with Crippen LogP contribution in [0.25, 0.3) is 22.6 Å². The Hall–Kier alpha value is -3.60. The molecule has 3 aliphatic rings. The van der Waals surface area contributed by atoms with E-state index >= 15 is 0 Å². The number of amides is 1. The van der Waals surface area contributed by atoms with E-state index in [0.29, 0.717) is 11.0 Å². The Morgan fingerprint density at radius 3 is 2.68 bits per heavy atom. The molecule has 2 N–H and O–H groups in total. The molecule has 1 amide bonds. The van der Waals surface area contributed by atoms with Gasteiger partial charge in [-0.25, -0.2) is 0 Å². The van der Waals surface area contributed by atoms with Crippen molar-refractivity contribution in [2.24, 2.45) is 5.41 Å². The maximum atomic E-state index is 12.9. The molecule has 2 heterocycles. The summed E-state index contributed by atoms with van der Waals surface area (Å²) in [6.45, 7) is 6.77. The van der Waals surface area contributed by atoms with Crippen molar-refractivity contribution in [3.05, 3.63) is 78.5 Å². The van der Waals surface area contributed by atoms with Crippen LogP contribution in [0.2, 0.25) is 0 Å². The lowest BCUT2D eigenvalue weighted by Gasteiger charge is -2.22. The van der Waals surface area contributed by atoms with Gasteiger partial charge in [0.2, 0.25) is 0 Å².